The van der Waals surface area contributed by atoms with Gasteiger partial charge in [0.25, 0.3) is 0 Å². The number of rotatable bonds is 7. The number of Topliss-reactive ketones (excluding diaryl/α,β-unsaturated/α-hetero) is 1. The van der Waals surface area contributed by atoms with Gasteiger partial charge in [-0.05, 0) is 13.3 Å². The second-order valence-electron chi connectivity index (χ2n) is 3.72. The smallest absolute Gasteiger partial charge is 0.310 e. The molecule has 0 amide bonds. The SMILES string of the molecule is CCCCCC(C)(O)C(=O)CC(=O)O. The number of ketones is 1. The normalized spacial score (nSPS) is 14.8. The molecule has 0 rings (SSSR count). The molecule has 4 heteroatoms. The van der Waals surface area contributed by atoms with Gasteiger partial charge < -0.3 is 10.2 Å². The summed E-state index contributed by atoms with van der Waals surface area (Å²) in [6, 6.07) is 0. The van der Waals surface area contributed by atoms with Gasteiger partial charge in [-0.1, -0.05) is 26.2 Å². The van der Waals surface area contributed by atoms with Crippen LogP contribution in [0.4, 0.5) is 0 Å². The summed E-state index contributed by atoms with van der Waals surface area (Å²) in [5.41, 5.74) is -1.48. The number of hydrogen-bond donors (Lipinski definition) is 2. The first-order valence-corrected chi connectivity index (χ1v) is 4.87. The Morgan fingerprint density at radius 2 is 1.86 bits per heavy atom. The Morgan fingerprint density at radius 3 is 2.29 bits per heavy atom. The monoisotopic (exact) mass is 202 g/mol. The van der Waals surface area contributed by atoms with Crippen LogP contribution in [0.1, 0.15) is 46.0 Å². The van der Waals surface area contributed by atoms with Crippen LogP contribution in [0, 0.1) is 0 Å². The third-order valence-electron chi connectivity index (χ3n) is 2.18. The van der Waals surface area contributed by atoms with Gasteiger partial charge in [0.15, 0.2) is 5.78 Å². The molecular formula is C10H18O4. The topological polar surface area (TPSA) is 74.6 Å². The van der Waals surface area contributed by atoms with Gasteiger partial charge in [0, 0.05) is 0 Å². The predicted molar refractivity (Wildman–Crippen MR) is 52.0 cm³/mol. The molecule has 0 aromatic carbocycles. The van der Waals surface area contributed by atoms with Crippen molar-refractivity contribution in [3.8, 4) is 0 Å². The Labute approximate surface area is 83.9 Å². The average Bonchev–Trinajstić information content (AvgIpc) is 2.03. The van der Waals surface area contributed by atoms with Crippen LogP contribution in [-0.4, -0.2) is 27.6 Å². The molecule has 1 atom stereocenters. The largest absolute Gasteiger partial charge is 0.481 e. The number of carboxylic acids is 1. The third-order valence-corrected chi connectivity index (χ3v) is 2.18. The van der Waals surface area contributed by atoms with Gasteiger partial charge in [0.05, 0.1) is 0 Å². The highest BCUT2D eigenvalue weighted by molar-refractivity contribution is 5.99. The Morgan fingerprint density at radius 1 is 1.29 bits per heavy atom. The lowest BCUT2D eigenvalue weighted by molar-refractivity contribution is -0.146. The molecule has 0 bridgehead atoms. The number of unbranched alkanes of at least 4 members (excludes halogenated alkanes) is 2. The van der Waals surface area contributed by atoms with Crippen molar-refractivity contribution >= 4 is 11.8 Å². The van der Waals surface area contributed by atoms with E-state index in [9.17, 15) is 14.7 Å². The summed E-state index contributed by atoms with van der Waals surface area (Å²) >= 11 is 0. The summed E-state index contributed by atoms with van der Waals surface area (Å²) in [5.74, 6) is -1.80. The van der Waals surface area contributed by atoms with E-state index in [4.69, 9.17) is 5.11 Å². The summed E-state index contributed by atoms with van der Waals surface area (Å²) in [6.07, 6.45) is 2.43. The molecule has 82 valence electrons. The van der Waals surface area contributed by atoms with Gasteiger partial charge in [-0.3, -0.25) is 9.59 Å². The maximum absolute atomic E-state index is 11.2. The fourth-order valence-corrected chi connectivity index (χ4v) is 1.19. The van der Waals surface area contributed by atoms with Crippen molar-refractivity contribution < 1.29 is 19.8 Å². The highest BCUT2D eigenvalue weighted by Gasteiger charge is 2.30. The maximum Gasteiger partial charge on any atom is 0.310 e. The minimum atomic E-state index is -1.48. The molecule has 4 nitrogen and oxygen atoms in total. The van der Waals surface area contributed by atoms with Crippen LogP contribution in [0.2, 0.25) is 0 Å². The third kappa shape index (κ3) is 4.97. The van der Waals surface area contributed by atoms with Crippen molar-refractivity contribution in [3.05, 3.63) is 0 Å². The second-order valence-corrected chi connectivity index (χ2v) is 3.72. The zero-order chi connectivity index (χ0) is 11.2. The predicted octanol–water partition coefficient (Wildman–Crippen LogP) is 1.36. The number of aliphatic carboxylic acids is 1. The minimum absolute atomic E-state index is 0.340. The van der Waals surface area contributed by atoms with E-state index in [0.717, 1.165) is 19.3 Å². The van der Waals surface area contributed by atoms with Gasteiger partial charge in [0.1, 0.15) is 12.0 Å². The van der Waals surface area contributed by atoms with Crippen molar-refractivity contribution in [1.82, 2.24) is 0 Å². The fourth-order valence-electron chi connectivity index (χ4n) is 1.19. The molecule has 0 aliphatic rings. The van der Waals surface area contributed by atoms with Gasteiger partial charge in [-0.15, -0.1) is 0 Å². The molecule has 0 fully saturated rings. The molecule has 0 saturated carbocycles. The highest BCUT2D eigenvalue weighted by Crippen LogP contribution is 2.17. The Hall–Kier alpha value is -0.900. The van der Waals surface area contributed by atoms with Crippen molar-refractivity contribution in [2.75, 3.05) is 0 Å². The van der Waals surface area contributed by atoms with Gasteiger partial charge in [0.2, 0.25) is 0 Å². The van der Waals surface area contributed by atoms with Crippen LogP contribution >= 0.6 is 0 Å². The fraction of sp³-hybridized carbons (Fsp3) is 0.800. The maximum atomic E-state index is 11.2. The zero-order valence-corrected chi connectivity index (χ0v) is 8.75. The van der Waals surface area contributed by atoms with E-state index in [1.807, 2.05) is 6.92 Å². The van der Waals surface area contributed by atoms with E-state index >= 15 is 0 Å². The van der Waals surface area contributed by atoms with Crippen LogP contribution in [0.15, 0.2) is 0 Å². The second kappa shape index (κ2) is 5.75. The molecule has 0 radical (unpaired) electrons. The summed E-state index contributed by atoms with van der Waals surface area (Å²) in [5, 5.41) is 18.0. The van der Waals surface area contributed by atoms with Crippen molar-refractivity contribution in [2.45, 2.75) is 51.6 Å². The van der Waals surface area contributed by atoms with Crippen molar-refractivity contribution in [3.63, 3.8) is 0 Å². The number of carbonyl (C=O) groups excluding carboxylic acids is 1. The Balaban J connectivity index is 4.02. The molecule has 0 aliphatic carbocycles. The Bertz CT molecular complexity index is 208. The van der Waals surface area contributed by atoms with Crippen LogP contribution in [0.25, 0.3) is 0 Å². The summed E-state index contributed by atoms with van der Waals surface area (Å²) in [4.78, 5) is 21.5. The average molecular weight is 202 g/mol. The van der Waals surface area contributed by atoms with E-state index in [0.29, 0.717) is 6.42 Å². The van der Waals surface area contributed by atoms with Crippen molar-refractivity contribution in [1.29, 1.82) is 0 Å². The van der Waals surface area contributed by atoms with E-state index < -0.39 is 23.8 Å². The Kier molecular flexibility index (Phi) is 5.38. The first-order chi connectivity index (χ1) is 6.40. The number of carbonyl (C=O) groups is 2. The molecule has 0 aliphatic heterocycles. The van der Waals surface area contributed by atoms with E-state index in [1.165, 1.54) is 6.92 Å². The quantitative estimate of drug-likeness (QED) is 0.483. The molecule has 0 spiro atoms. The molecule has 0 aromatic rings. The van der Waals surface area contributed by atoms with Crippen LogP contribution in [0.3, 0.4) is 0 Å². The first kappa shape index (κ1) is 13.1. The summed E-state index contributed by atoms with van der Waals surface area (Å²) < 4.78 is 0. The highest BCUT2D eigenvalue weighted by atomic mass is 16.4. The van der Waals surface area contributed by atoms with Crippen molar-refractivity contribution in [2.24, 2.45) is 0 Å². The van der Waals surface area contributed by atoms with E-state index in [-0.39, 0.29) is 0 Å². The number of hydrogen-bond acceptors (Lipinski definition) is 3. The minimum Gasteiger partial charge on any atom is -0.481 e. The lowest BCUT2D eigenvalue weighted by atomic mass is 9.92. The van der Waals surface area contributed by atoms with E-state index in [1.54, 1.807) is 0 Å². The summed E-state index contributed by atoms with van der Waals surface area (Å²) in [7, 11) is 0. The van der Waals surface area contributed by atoms with Gasteiger partial charge in [-0.2, -0.15) is 0 Å². The molecule has 2 N–H and O–H groups in total. The van der Waals surface area contributed by atoms with E-state index in [2.05, 4.69) is 0 Å². The molecule has 0 heterocycles. The van der Waals surface area contributed by atoms with Gasteiger partial charge in [-0.25, -0.2) is 0 Å². The summed E-state index contributed by atoms with van der Waals surface area (Å²) in [6.45, 7) is 3.40. The molecule has 0 saturated heterocycles. The standard InChI is InChI=1S/C10H18O4/c1-3-4-5-6-10(2,14)8(11)7-9(12)13/h14H,3-7H2,1-2H3,(H,12,13). The van der Waals surface area contributed by atoms with Crippen LogP contribution < -0.4 is 0 Å². The van der Waals surface area contributed by atoms with Crippen LogP contribution in [0.5, 0.6) is 0 Å². The molecule has 0 aromatic heterocycles. The molecular weight excluding hydrogens is 184 g/mol. The molecule has 1 unspecified atom stereocenters. The van der Waals surface area contributed by atoms with Gasteiger partial charge >= 0.3 is 5.97 Å². The van der Waals surface area contributed by atoms with Crippen LogP contribution in [-0.2, 0) is 9.59 Å². The number of aliphatic hydroxyl groups is 1. The molecule has 14 heavy (non-hydrogen) atoms. The zero-order valence-electron chi connectivity index (χ0n) is 8.75. The lowest BCUT2D eigenvalue weighted by Gasteiger charge is -2.20. The lowest BCUT2D eigenvalue weighted by Crippen LogP contribution is -2.36. The first-order valence-electron chi connectivity index (χ1n) is 4.87. The number of carboxylic acid groups (broad SMARTS) is 1.